The Morgan fingerprint density at radius 1 is 1.14 bits per heavy atom. The lowest BCUT2D eigenvalue weighted by Crippen LogP contribution is -2.48. The van der Waals surface area contributed by atoms with Crippen LogP contribution >= 0.6 is 0 Å². The molecule has 0 aliphatic carbocycles. The van der Waals surface area contributed by atoms with Crippen LogP contribution < -0.4 is 5.46 Å². The van der Waals surface area contributed by atoms with Crippen LogP contribution in [0.2, 0.25) is 0 Å². The zero-order chi connectivity index (χ0) is 14.9. The highest BCUT2D eigenvalue weighted by Gasteiger charge is 2.36. The van der Waals surface area contributed by atoms with Crippen LogP contribution in [0.3, 0.4) is 0 Å². The van der Waals surface area contributed by atoms with Crippen molar-refractivity contribution >= 4 is 12.6 Å². The van der Waals surface area contributed by atoms with Crippen molar-refractivity contribution in [2.45, 2.75) is 53.2 Å². The van der Waals surface area contributed by atoms with E-state index in [2.05, 4.69) is 32.9 Å². The standard InChI is InChI=1S/C17H25BO3/c1-4-5-6-13-7-14-9-19-10-15(14)16(8-13)18-20-11-17(2,3)12-21-18/h7-8H,4-6,9-12H2,1-3H3. The molecule has 0 unspecified atom stereocenters. The summed E-state index contributed by atoms with van der Waals surface area (Å²) in [4.78, 5) is 0. The van der Waals surface area contributed by atoms with Gasteiger partial charge in [0.2, 0.25) is 0 Å². The Balaban J connectivity index is 1.85. The fourth-order valence-corrected chi connectivity index (χ4v) is 3.00. The van der Waals surface area contributed by atoms with Crippen LogP contribution in [-0.4, -0.2) is 20.3 Å². The first-order valence-electron chi connectivity index (χ1n) is 8.04. The van der Waals surface area contributed by atoms with Crippen LogP contribution in [0.5, 0.6) is 0 Å². The largest absolute Gasteiger partial charge is 0.494 e. The minimum Gasteiger partial charge on any atom is -0.407 e. The van der Waals surface area contributed by atoms with Gasteiger partial charge < -0.3 is 14.0 Å². The summed E-state index contributed by atoms with van der Waals surface area (Å²) in [6, 6.07) is 4.57. The van der Waals surface area contributed by atoms with E-state index >= 15 is 0 Å². The summed E-state index contributed by atoms with van der Waals surface area (Å²) in [7, 11) is -0.227. The second-order valence-corrected chi connectivity index (χ2v) is 7.04. The number of benzene rings is 1. The molecule has 2 heterocycles. The van der Waals surface area contributed by atoms with Crippen LogP contribution in [0.1, 0.15) is 50.3 Å². The number of aryl methyl sites for hydroxylation is 1. The Kier molecular flexibility index (Phi) is 4.39. The van der Waals surface area contributed by atoms with Gasteiger partial charge >= 0.3 is 7.12 Å². The highest BCUT2D eigenvalue weighted by Crippen LogP contribution is 2.25. The molecular formula is C17H25BO3. The molecule has 0 atom stereocenters. The predicted octanol–water partition coefficient (Wildman–Crippen LogP) is 2.83. The van der Waals surface area contributed by atoms with Crippen molar-refractivity contribution in [2.75, 3.05) is 13.2 Å². The molecule has 0 amide bonds. The van der Waals surface area contributed by atoms with E-state index in [1.807, 2.05) is 0 Å². The quantitative estimate of drug-likeness (QED) is 0.797. The summed E-state index contributed by atoms with van der Waals surface area (Å²) < 4.78 is 17.6. The number of fused-ring (bicyclic) bond motifs is 1. The minimum atomic E-state index is -0.227. The van der Waals surface area contributed by atoms with Crippen molar-refractivity contribution in [2.24, 2.45) is 5.41 Å². The normalized spacial score (nSPS) is 20.6. The summed E-state index contributed by atoms with van der Waals surface area (Å²) in [5, 5.41) is 0. The molecule has 0 spiro atoms. The van der Waals surface area contributed by atoms with Crippen molar-refractivity contribution in [3.63, 3.8) is 0 Å². The molecule has 1 aromatic carbocycles. The molecular weight excluding hydrogens is 263 g/mol. The van der Waals surface area contributed by atoms with Crippen LogP contribution in [0.25, 0.3) is 0 Å². The van der Waals surface area contributed by atoms with E-state index < -0.39 is 0 Å². The topological polar surface area (TPSA) is 27.7 Å². The van der Waals surface area contributed by atoms with Gasteiger partial charge in [0.25, 0.3) is 0 Å². The van der Waals surface area contributed by atoms with Crippen LogP contribution in [0.15, 0.2) is 12.1 Å². The molecule has 4 heteroatoms. The molecule has 2 aliphatic rings. The third-order valence-electron chi connectivity index (χ3n) is 4.26. The number of hydrogen-bond donors (Lipinski definition) is 0. The number of ether oxygens (including phenoxy) is 1. The van der Waals surface area contributed by atoms with Crippen molar-refractivity contribution in [1.82, 2.24) is 0 Å². The number of unbranched alkanes of at least 4 members (excludes halogenated alkanes) is 1. The molecule has 0 saturated carbocycles. The fourth-order valence-electron chi connectivity index (χ4n) is 3.00. The molecule has 0 radical (unpaired) electrons. The summed E-state index contributed by atoms with van der Waals surface area (Å²) in [5.41, 5.74) is 5.27. The van der Waals surface area contributed by atoms with Crippen LogP contribution in [0, 0.1) is 5.41 Å². The fraction of sp³-hybridized carbons (Fsp3) is 0.647. The summed E-state index contributed by atoms with van der Waals surface area (Å²) in [6.45, 7) is 9.47. The second kappa shape index (κ2) is 6.11. The van der Waals surface area contributed by atoms with Gasteiger partial charge in [-0.1, -0.05) is 39.3 Å². The first-order chi connectivity index (χ1) is 10.1. The molecule has 0 aromatic heterocycles. The Bertz CT molecular complexity index is 503. The molecule has 3 rings (SSSR count). The number of hydrogen-bond acceptors (Lipinski definition) is 3. The Hall–Kier alpha value is -0.835. The average Bonchev–Trinajstić information content (AvgIpc) is 2.92. The highest BCUT2D eigenvalue weighted by atomic mass is 16.6. The zero-order valence-electron chi connectivity index (χ0n) is 13.4. The lowest BCUT2D eigenvalue weighted by Gasteiger charge is -2.33. The molecule has 114 valence electrons. The van der Waals surface area contributed by atoms with Gasteiger partial charge in [0.15, 0.2) is 0 Å². The molecule has 0 bridgehead atoms. The van der Waals surface area contributed by atoms with E-state index in [4.69, 9.17) is 14.0 Å². The van der Waals surface area contributed by atoms with Gasteiger partial charge in [0.05, 0.1) is 13.2 Å². The molecule has 1 fully saturated rings. The van der Waals surface area contributed by atoms with Gasteiger partial charge in [0.1, 0.15) is 0 Å². The van der Waals surface area contributed by atoms with E-state index in [1.165, 1.54) is 35.0 Å². The molecule has 1 saturated heterocycles. The van der Waals surface area contributed by atoms with E-state index in [1.54, 1.807) is 0 Å². The van der Waals surface area contributed by atoms with Crippen molar-refractivity contribution < 1.29 is 14.0 Å². The molecule has 1 aromatic rings. The smallest absolute Gasteiger partial charge is 0.407 e. The summed E-state index contributed by atoms with van der Waals surface area (Å²) in [5.74, 6) is 0. The lowest BCUT2D eigenvalue weighted by atomic mass is 9.72. The number of rotatable bonds is 4. The lowest BCUT2D eigenvalue weighted by molar-refractivity contribution is 0.0341. The van der Waals surface area contributed by atoms with Gasteiger partial charge in [-0.05, 0) is 35.0 Å². The molecule has 0 N–H and O–H groups in total. The predicted molar refractivity (Wildman–Crippen MR) is 84.6 cm³/mol. The minimum absolute atomic E-state index is 0.107. The molecule has 21 heavy (non-hydrogen) atoms. The van der Waals surface area contributed by atoms with Gasteiger partial charge in [-0.3, -0.25) is 0 Å². The maximum atomic E-state index is 5.99. The summed E-state index contributed by atoms with van der Waals surface area (Å²) in [6.07, 6.45) is 3.56. The second-order valence-electron chi connectivity index (χ2n) is 7.04. The molecule has 3 nitrogen and oxygen atoms in total. The van der Waals surface area contributed by atoms with Crippen molar-refractivity contribution in [3.8, 4) is 0 Å². The van der Waals surface area contributed by atoms with E-state index in [9.17, 15) is 0 Å². The van der Waals surface area contributed by atoms with E-state index in [-0.39, 0.29) is 12.5 Å². The van der Waals surface area contributed by atoms with Gasteiger partial charge in [0, 0.05) is 18.6 Å². The third kappa shape index (κ3) is 3.33. The maximum absolute atomic E-state index is 5.99. The highest BCUT2D eigenvalue weighted by molar-refractivity contribution is 6.62. The van der Waals surface area contributed by atoms with Crippen LogP contribution in [-0.2, 0) is 33.7 Å². The average molecular weight is 288 g/mol. The van der Waals surface area contributed by atoms with E-state index in [0.29, 0.717) is 6.61 Å². The Morgan fingerprint density at radius 2 is 1.90 bits per heavy atom. The monoisotopic (exact) mass is 288 g/mol. The SMILES string of the molecule is CCCCc1cc2c(c(B3OCC(C)(C)CO3)c1)COC2. The first-order valence-corrected chi connectivity index (χ1v) is 8.04. The Morgan fingerprint density at radius 3 is 2.62 bits per heavy atom. The van der Waals surface area contributed by atoms with Gasteiger partial charge in [-0.15, -0.1) is 0 Å². The van der Waals surface area contributed by atoms with Gasteiger partial charge in [-0.2, -0.15) is 0 Å². The Labute approximate surface area is 128 Å². The van der Waals surface area contributed by atoms with E-state index in [0.717, 1.165) is 26.2 Å². The van der Waals surface area contributed by atoms with Crippen molar-refractivity contribution in [3.05, 3.63) is 28.8 Å². The molecule has 2 aliphatic heterocycles. The third-order valence-corrected chi connectivity index (χ3v) is 4.26. The van der Waals surface area contributed by atoms with Crippen molar-refractivity contribution in [1.29, 1.82) is 0 Å². The summed E-state index contributed by atoms with van der Waals surface area (Å²) >= 11 is 0. The zero-order valence-corrected chi connectivity index (χ0v) is 13.4. The maximum Gasteiger partial charge on any atom is 0.494 e. The van der Waals surface area contributed by atoms with Crippen LogP contribution in [0.4, 0.5) is 0 Å². The van der Waals surface area contributed by atoms with Gasteiger partial charge in [-0.25, -0.2) is 0 Å². The first kappa shape index (κ1) is 15.1.